The van der Waals surface area contributed by atoms with Crippen molar-refractivity contribution in [1.29, 1.82) is 0 Å². The molecule has 0 aliphatic carbocycles. The fraction of sp³-hybridized carbons (Fsp3) is 0.826. The van der Waals surface area contributed by atoms with Crippen LogP contribution in [0.1, 0.15) is 90.9 Å². The second-order valence-corrected chi connectivity index (χ2v) is 7.53. The van der Waals surface area contributed by atoms with Crippen LogP contribution in [0.15, 0.2) is 24.3 Å². The van der Waals surface area contributed by atoms with E-state index in [1.165, 1.54) is 70.6 Å². The van der Waals surface area contributed by atoms with E-state index in [0.29, 0.717) is 6.10 Å². The zero-order valence-electron chi connectivity index (χ0n) is 17.6. The van der Waals surface area contributed by atoms with Crippen molar-refractivity contribution >= 4 is 0 Å². The third-order valence-electron chi connectivity index (χ3n) is 4.37. The van der Waals surface area contributed by atoms with Crippen LogP contribution in [0, 0.1) is 0 Å². The summed E-state index contributed by atoms with van der Waals surface area (Å²) in [6, 6.07) is 0. The average molecular weight is 352 g/mol. The van der Waals surface area contributed by atoms with E-state index in [2.05, 4.69) is 57.1 Å². The Hall–Kier alpha value is -0.600. The molecule has 2 nitrogen and oxygen atoms in total. The molecule has 1 atom stereocenters. The molecule has 0 bridgehead atoms. The normalized spacial score (nSPS) is 13.5. The molecular weight excluding hydrogens is 306 g/mol. The molecule has 0 heterocycles. The van der Waals surface area contributed by atoms with Crippen LogP contribution in [-0.2, 0) is 4.74 Å². The maximum absolute atomic E-state index is 5.82. The Morgan fingerprint density at radius 1 is 0.760 bits per heavy atom. The summed E-state index contributed by atoms with van der Waals surface area (Å²) in [6.07, 6.45) is 25.3. The van der Waals surface area contributed by atoms with Crippen LogP contribution >= 0.6 is 0 Å². The maximum Gasteiger partial charge on any atom is 0.0673 e. The molecule has 0 saturated carbocycles. The topological polar surface area (TPSA) is 12.5 Å². The highest BCUT2D eigenvalue weighted by Crippen LogP contribution is 2.08. The molecule has 2 heteroatoms. The first-order valence-corrected chi connectivity index (χ1v) is 10.7. The van der Waals surface area contributed by atoms with Crippen LogP contribution in [0.3, 0.4) is 0 Å². The number of rotatable bonds is 18. The molecule has 0 aromatic carbocycles. The fourth-order valence-electron chi connectivity index (χ4n) is 2.94. The first-order valence-electron chi connectivity index (χ1n) is 10.7. The fourth-order valence-corrected chi connectivity index (χ4v) is 2.94. The zero-order chi connectivity index (χ0) is 18.6. The number of nitrogens with zero attached hydrogens (tertiary/aromatic N) is 1. The van der Waals surface area contributed by atoms with Gasteiger partial charge in [-0.15, -0.1) is 0 Å². The van der Waals surface area contributed by atoms with Crippen LogP contribution in [-0.4, -0.2) is 38.3 Å². The number of likely N-dealkylation sites (N-methyl/N-ethyl adjacent to an activating group) is 1. The highest BCUT2D eigenvalue weighted by Gasteiger charge is 2.02. The lowest BCUT2D eigenvalue weighted by Crippen LogP contribution is -2.26. The van der Waals surface area contributed by atoms with Gasteiger partial charge in [-0.05, 0) is 59.5 Å². The van der Waals surface area contributed by atoms with E-state index in [9.17, 15) is 0 Å². The van der Waals surface area contributed by atoms with E-state index in [1.54, 1.807) is 0 Å². The average Bonchev–Trinajstić information content (AvgIpc) is 2.57. The monoisotopic (exact) mass is 351 g/mol. The standard InChI is InChI=1S/C23H45NO/c1-5-6-7-8-9-10-11-12-13-14-15-16-17-18-19-20-21-25-23(2)22-24(3)4/h9-10,12-13,23H,5-8,11,14-22H2,1-4H3. The summed E-state index contributed by atoms with van der Waals surface area (Å²) in [7, 11) is 4.20. The molecular formula is C23H45NO. The first kappa shape index (κ1) is 24.4. The Labute approximate surface area is 158 Å². The Kier molecular flexibility index (Phi) is 19.2. The van der Waals surface area contributed by atoms with Crippen molar-refractivity contribution in [2.45, 2.75) is 97.0 Å². The van der Waals surface area contributed by atoms with Gasteiger partial charge < -0.3 is 9.64 Å². The van der Waals surface area contributed by atoms with E-state index in [4.69, 9.17) is 4.74 Å². The van der Waals surface area contributed by atoms with Crippen molar-refractivity contribution < 1.29 is 4.74 Å². The van der Waals surface area contributed by atoms with Gasteiger partial charge in [0, 0.05) is 13.2 Å². The highest BCUT2D eigenvalue weighted by molar-refractivity contribution is 4.92. The molecule has 0 amide bonds. The predicted octanol–water partition coefficient (Wildman–Crippen LogP) is 6.77. The maximum atomic E-state index is 5.82. The van der Waals surface area contributed by atoms with Gasteiger partial charge in [-0.2, -0.15) is 0 Å². The number of allylic oxidation sites excluding steroid dienone is 4. The molecule has 0 radical (unpaired) electrons. The van der Waals surface area contributed by atoms with Crippen molar-refractivity contribution in [3.63, 3.8) is 0 Å². The minimum absolute atomic E-state index is 0.355. The molecule has 0 N–H and O–H groups in total. The summed E-state index contributed by atoms with van der Waals surface area (Å²) in [4.78, 5) is 2.18. The summed E-state index contributed by atoms with van der Waals surface area (Å²) in [6.45, 7) is 6.36. The minimum atomic E-state index is 0.355. The number of hydrogen-bond acceptors (Lipinski definition) is 2. The van der Waals surface area contributed by atoms with Crippen LogP contribution in [0.4, 0.5) is 0 Å². The molecule has 0 fully saturated rings. The van der Waals surface area contributed by atoms with Crippen molar-refractivity contribution in [3.8, 4) is 0 Å². The van der Waals surface area contributed by atoms with E-state index >= 15 is 0 Å². The molecule has 0 rings (SSSR count). The summed E-state index contributed by atoms with van der Waals surface area (Å²) >= 11 is 0. The van der Waals surface area contributed by atoms with Gasteiger partial charge >= 0.3 is 0 Å². The van der Waals surface area contributed by atoms with Crippen molar-refractivity contribution in [3.05, 3.63) is 24.3 Å². The summed E-state index contributed by atoms with van der Waals surface area (Å²) in [5, 5.41) is 0. The lowest BCUT2D eigenvalue weighted by molar-refractivity contribution is 0.0458. The molecule has 25 heavy (non-hydrogen) atoms. The van der Waals surface area contributed by atoms with Crippen LogP contribution in [0.5, 0.6) is 0 Å². The number of hydrogen-bond donors (Lipinski definition) is 0. The second kappa shape index (κ2) is 19.7. The number of unbranched alkanes of at least 4 members (excludes halogenated alkanes) is 9. The number of ether oxygens (including phenoxy) is 1. The molecule has 0 saturated heterocycles. The quantitative estimate of drug-likeness (QED) is 0.200. The van der Waals surface area contributed by atoms with Gasteiger partial charge in [0.05, 0.1) is 6.10 Å². The highest BCUT2D eigenvalue weighted by atomic mass is 16.5. The van der Waals surface area contributed by atoms with Gasteiger partial charge in [-0.3, -0.25) is 0 Å². The Morgan fingerprint density at radius 2 is 1.32 bits per heavy atom. The Bertz CT molecular complexity index is 309. The molecule has 1 unspecified atom stereocenters. The SMILES string of the molecule is CCCCCC=CCC=CCCCCCCCCOC(C)CN(C)C. The summed E-state index contributed by atoms with van der Waals surface area (Å²) in [5.74, 6) is 0. The van der Waals surface area contributed by atoms with E-state index in [1.807, 2.05) is 0 Å². The molecule has 0 aliphatic heterocycles. The Morgan fingerprint density at radius 3 is 1.92 bits per heavy atom. The minimum Gasteiger partial charge on any atom is -0.377 e. The largest absolute Gasteiger partial charge is 0.377 e. The summed E-state index contributed by atoms with van der Waals surface area (Å²) in [5.41, 5.74) is 0. The molecule has 0 aliphatic rings. The van der Waals surface area contributed by atoms with E-state index in [-0.39, 0.29) is 0 Å². The van der Waals surface area contributed by atoms with E-state index < -0.39 is 0 Å². The second-order valence-electron chi connectivity index (χ2n) is 7.53. The van der Waals surface area contributed by atoms with Gasteiger partial charge in [-0.25, -0.2) is 0 Å². The lowest BCUT2D eigenvalue weighted by atomic mass is 10.1. The van der Waals surface area contributed by atoms with Crippen LogP contribution < -0.4 is 0 Å². The van der Waals surface area contributed by atoms with Gasteiger partial charge in [0.1, 0.15) is 0 Å². The third-order valence-corrected chi connectivity index (χ3v) is 4.37. The summed E-state index contributed by atoms with van der Waals surface area (Å²) < 4.78 is 5.82. The van der Waals surface area contributed by atoms with Gasteiger partial charge in [-0.1, -0.05) is 69.8 Å². The van der Waals surface area contributed by atoms with E-state index in [0.717, 1.165) is 19.6 Å². The lowest BCUT2D eigenvalue weighted by Gasteiger charge is -2.17. The predicted molar refractivity (Wildman–Crippen MR) is 113 cm³/mol. The third kappa shape index (κ3) is 21.4. The van der Waals surface area contributed by atoms with Gasteiger partial charge in [0.15, 0.2) is 0 Å². The first-order chi connectivity index (χ1) is 12.2. The van der Waals surface area contributed by atoms with Gasteiger partial charge in [0.2, 0.25) is 0 Å². The molecule has 148 valence electrons. The van der Waals surface area contributed by atoms with Crippen LogP contribution in [0.2, 0.25) is 0 Å². The smallest absolute Gasteiger partial charge is 0.0673 e. The molecule has 0 aromatic rings. The van der Waals surface area contributed by atoms with Crippen molar-refractivity contribution in [2.75, 3.05) is 27.2 Å². The van der Waals surface area contributed by atoms with Crippen molar-refractivity contribution in [1.82, 2.24) is 4.90 Å². The van der Waals surface area contributed by atoms with Gasteiger partial charge in [0.25, 0.3) is 0 Å². The van der Waals surface area contributed by atoms with Crippen LogP contribution in [0.25, 0.3) is 0 Å². The van der Waals surface area contributed by atoms with Crippen molar-refractivity contribution in [2.24, 2.45) is 0 Å². The zero-order valence-corrected chi connectivity index (χ0v) is 17.6. The Balaban J connectivity index is 3.22. The molecule has 0 spiro atoms. The molecule has 0 aromatic heterocycles.